The molecular weight excluding hydrogens is 470 g/mol. The molecule has 0 radical (unpaired) electrons. The Morgan fingerprint density at radius 1 is 0.943 bits per heavy atom. The lowest BCUT2D eigenvalue weighted by Crippen LogP contribution is -2.56. The highest BCUT2D eigenvalue weighted by molar-refractivity contribution is 7.98. The second kappa shape index (κ2) is 14.6. The van der Waals surface area contributed by atoms with Crippen LogP contribution in [-0.2, 0) is 25.5 Å². The molecule has 1 rings (SSSR count). The fraction of sp³-hybridized carbons (Fsp3) is 0.600. The smallest absolute Gasteiger partial charge is 0.408 e. The Hall–Kier alpha value is -2.75. The van der Waals surface area contributed by atoms with Crippen molar-refractivity contribution >= 4 is 35.6 Å². The number of benzene rings is 1. The molecule has 196 valence electrons. The van der Waals surface area contributed by atoms with Gasteiger partial charge in [-0.25, -0.2) is 9.59 Å². The summed E-state index contributed by atoms with van der Waals surface area (Å²) in [6, 6.07) is 5.97. The summed E-state index contributed by atoms with van der Waals surface area (Å²) in [5.41, 5.74) is 0.0401. The predicted molar refractivity (Wildman–Crippen MR) is 137 cm³/mol. The maximum atomic E-state index is 13.1. The predicted octanol–water partition coefficient (Wildman–Crippen LogP) is 2.98. The first-order chi connectivity index (χ1) is 16.3. The Balaban J connectivity index is 2.96. The molecule has 4 N–H and O–H groups in total. The van der Waals surface area contributed by atoms with E-state index in [1.807, 2.05) is 26.2 Å². The maximum absolute atomic E-state index is 13.1. The van der Waals surface area contributed by atoms with Gasteiger partial charge in [0, 0.05) is 6.42 Å². The van der Waals surface area contributed by atoms with Gasteiger partial charge in [-0.1, -0.05) is 44.2 Å². The third kappa shape index (κ3) is 12.5. The number of thioether (sulfide) groups is 1. The van der Waals surface area contributed by atoms with Crippen molar-refractivity contribution in [1.82, 2.24) is 16.0 Å². The highest BCUT2D eigenvalue weighted by Crippen LogP contribution is 2.11. The van der Waals surface area contributed by atoms with Crippen molar-refractivity contribution in [2.24, 2.45) is 5.92 Å². The largest absolute Gasteiger partial charge is 0.480 e. The highest BCUT2D eigenvalue weighted by atomic mass is 32.2. The van der Waals surface area contributed by atoms with E-state index in [-0.39, 0.29) is 12.3 Å². The van der Waals surface area contributed by atoms with Gasteiger partial charge in [0.25, 0.3) is 0 Å². The number of carboxylic acid groups (broad SMARTS) is 1. The third-order valence-electron chi connectivity index (χ3n) is 4.86. The average molecular weight is 510 g/mol. The molecule has 0 heterocycles. The van der Waals surface area contributed by atoms with Gasteiger partial charge in [-0.15, -0.1) is 0 Å². The zero-order valence-corrected chi connectivity index (χ0v) is 22.2. The van der Waals surface area contributed by atoms with Crippen molar-refractivity contribution in [1.29, 1.82) is 0 Å². The molecule has 0 aliphatic carbocycles. The Labute approximate surface area is 212 Å². The first kappa shape index (κ1) is 30.3. The number of carboxylic acids is 1. The van der Waals surface area contributed by atoms with E-state index in [1.54, 1.807) is 45.0 Å². The second-order valence-electron chi connectivity index (χ2n) is 9.76. The summed E-state index contributed by atoms with van der Waals surface area (Å²) < 4.78 is 5.27. The molecule has 0 saturated carbocycles. The van der Waals surface area contributed by atoms with Crippen molar-refractivity contribution < 1.29 is 29.0 Å². The molecule has 10 heteroatoms. The minimum atomic E-state index is -1.17. The molecule has 0 spiro atoms. The topological polar surface area (TPSA) is 134 Å². The molecular formula is C25H39N3O6S. The minimum Gasteiger partial charge on any atom is -0.480 e. The lowest BCUT2D eigenvalue weighted by Gasteiger charge is -2.26. The number of aliphatic carboxylic acids is 1. The Kier molecular flexibility index (Phi) is 12.6. The number of hydrogen-bond acceptors (Lipinski definition) is 6. The number of rotatable bonds is 13. The fourth-order valence-electron chi connectivity index (χ4n) is 3.25. The van der Waals surface area contributed by atoms with Gasteiger partial charge in [-0.3, -0.25) is 9.59 Å². The summed E-state index contributed by atoms with van der Waals surface area (Å²) in [5.74, 6) is -1.63. The van der Waals surface area contributed by atoms with Gasteiger partial charge in [0.05, 0.1) is 0 Å². The first-order valence-electron chi connectivity index (χ1n) is 11.7. The van der Waals surface area contributed by atoms with Crippen LogP contribution in [-0.4, -0.2) is 64.7 Å². The number of hydrogen-bond donors (Lipinski definition) is 4. The lowest BCUT2D eigenvalue weighted by atomic mass is 10.0. The summed E-state index contributed by atoms with van der Waals surface area (Å²) in [6.45, 7) is 8.97. The van der Waals surface area contributed by atoms with Gasteiger partial charge in [-0.05, 0) is 57.1 Å². The molecule has 0 aromatic heterocycles. The Morgan fingerprint density at radius 2 is 1.51 bits per heavy atom. The number of nitrogens with one attached hydrogen (secondary N) is 3. The molecule has 3 amide bonds. The highest BCUT2D eigenvalue weighted by Gasteiger charge is 2.30. The van der Waals surface area contributed by atoms with Crippen molar-refractivity contribution in [3.05, 3.63) is 35.9 Å². The fourth-order valence-corrected chi connectivity index (χ4v) is 3.72. The number of ether oxygens (including phenoxy) is 1. The molecule has 0 unspecified atom stereocenters. The SMILES string of the molecule is CSCC[C@@H](NC(=O)OC(C)(C)C)C(=O)N[C@@H](CC(C)C)C(=O)N[C@@H](Cc1ccccc1)C(=O)O. The number of amides is 3. The van der Waals surface area contributed by atoms with E-state index in [0.29, 0.717) is 18.6 Å². The van der Waals surface area contributed by atoms with Gasteiger partial charge in [0.1, 0.15) is 23.7 Å². The van der Waals surface area contributed by atoms with E-state index in [4.69, 9.17) is 4.74 Å². The van der Waals surface area contributed by atoms with Crippen LogP contribution in [0.25, 0.3) is 0 Å². The molecule has 1 aromatic carbocycles. The van der Waals surface area contributed by atoms with E-state index < -0.39 is 47.6 Å². The van der Waals surface area contributed by atoms with Crippen LogP contribution in [0.1, 0.15) is 53.0 Å². The summed E-state index contributed by atoms with van der Waals surface area (Å²) in [4.78, 5) is 50.2. The zero-order valence-electron chi connectivity index (χ0n) is 21.4. The average Bonchev–Trinajstić information content (AvgIpc) is 2.74. The van der Waals surface area contributed by atoms with Crippen LogP contribution >= 0.6 is 11.8 Å². The molecule has 0 saturated heterocycles. The van der Waals surface area contributed by atoms with Gasteiger partial charge in [-0.2, -0.15) is 11.8 Å². The maximum Gasteiger partial charge on any atom is 0.408 e. The summed E-state index contributed by atoms with van der Waals surface area (Å²) >= 11 is 1.52. The lowest BCUT2D eigenvalue weighted by molar-refractivity contribution is -0.142. The van der Waals surface area contributed by atoms with Crippen LogP contribution in [0.5, 0.6) is 0 Å². The van der Waals surface area contributed by atoms with Gasteiger partial charge >= 0.3 is 12.1 Å². The van der Waals surface area contributed by atoms with E-state index in [0.717, 1.165) is 5.56 Å². The van der Waals surface area contributed by atoms with Crippen LogP contribution in [0.2, 0.25) is 0 Å². The monoisotopic (exact) mass is 509 g/mol. The molecule has 0 bridgehead atoms. The van der Waals surface area contributed by atoms with E-state index in [9.17, 15) is 24.3 Å². The quantitative estimate of drug-likeness (QED) is 0.321. The number of carbonyl (C=O) groups is 4. The Morgan fingerprint density at radius 3 is 2.03 bits per heavy atom. The standard InChI is InChI=1S/C25H39N3O6S/c1-16(2)14-19(22(30)27-20(23(31)32)15-17-10-8-7-9-11-17)26-21(29)18(12-13-35-6)28-24(33)34-25(3,4)5/h7-11,16,18-20H,12-15H2,1-6H3,(H,26,29)(H,27,30)(H,28,33)(H,31,32)/t18-,19+,20+/m1/s1. The second-order valence-corrected chi connectivity index (χ2v) is 10.7. The van der Waals surface area contributed by atoms with Crippen molar-refractivity contribution in [3.63, 3.8) is 0 Å². The van der Waals surface area contributed by atoms with Crippen molar-refractivity contribution in [2.75, 3.05) is 12.0 Å². The molecule has 0 aliphatic rings. The zero-order chi connectivity index (χ0) is 26.6. The molecule has 0 aliphatic heterocycles. The summed E-state index contributed by atoms with van der Waals surface area (Å²) in [7, 11) is 0. The van der Waals surface area contributed by atoms with Crippen LogP contribution in [0.15, 0.2) is 30.3 Å². The minimum absolute atomic E-state index is 0.0481. The van der Waals surface area contributed by atoms with Crippen LogP contribution in [0, 0.1) is 5.92 Å². The van der Waals surface area contributed by atoms with Gasteiger partial charge < -0.3 is 25.8 Å². The van der Waals surface area contributed by atoms with Crippen molar-refractivity contribution in [2.45, 2.75) is 77.6 Å². The van der Waals surface area contributed by atoms with Crippen LogP contribution in [0.4, 0.5) is 4.79 Å². The van der Waals surface area contributed by atoms with Crippen LogP contribution in [0.3, 0.4) is 0 Å². The summed E-state index contributed by atoms with van der Waals surface area (Å²) in [6.07, 6.45) is 1.92. The molecule has 3 atom stereocenters. The van der Waals surface area contributed by atoms with E-state index in [2.05, 4.69) is 16.0 Å². The molecule has 0 fully saturated rings. The van der Waals surface area contributed by atoms with Crippen molar-refractivity contribution in [3.8, 4) is 0 Å². The van der Waals surface area contributed by atoms with Gasteiger partial charge in [0.15, 0.2) is 0 Å². The van der Waals surface area contributed by atoms with Gasteiger partial charge in [0.2, 0.25) is 11.8 Å². The third-order valence-corrected chi connectivity index (χ3v) is 5.50. The number of carbonyl (C=O) groups excluding carboxylic acids is 3. The normalized spacial score (nSPS) is 13.9. The van der Waals surface area contributed by atoms with E-state index in [1.165, 1.54) is 11.8 Å². The molecule has 1 aromatic rings. The molecule has 9 nitrogen and oxygen atoms in total. The summed E-state index contributed by atoms with van der Waals surface area (Å²) in [5, 5.41) is 17.5. The Bertz CT molecular complexity index is 841. The molecule has 35 heavy (non-hydrogen) atoms. The van der Waals surface area contributed by atoms with E-state index >= 15 is 0 Å². The van der Waals surface area contributed by atoms with Crippen LogP contribution < -0.4 is 16.0 Å². The number of alkyl carbamates (subject to hydrolysis) is 1. The first-order valence-corrected chi connectivity index (χ1v) is 13.1.